The first-order valence-electron chi connectivity index (χ1n) is 8.18. The lowest BCUT2D eigenvalue weighted by atomic mass is 9.99. The topological polar surface area (TPSA) is 52.6 Å². The summed E-state index contributed by atoms with van der Waals surface area (Å²) in [6.07, 6.45) is -1.02. The number of esters is 1. The molecule has 3 rings (SSSR count). The van der Waals surface area contributed by atoms with E-state index < -0.39 is 12.1 Å². The second-order valence-corrected chi connectivity index (χ2v) is 5.65. The van der Waals surface area contributed by atoms with Crippen LogP contribution in [0, 0.1) is 0 Å². The van der Waals surface area contributed by atoms with E-state index in [1.807, 2.05) is 12.1 Å². The Morgan fingerprint density at radius 3 is 1.88 bits per heavy atom. The highest BCUT2D eigenvalue weighted by atomic mass is 16.5. The van der Waals surface area contributed by atoms with Gasteiger partial charge in [0, 0.05) is 11.1 Å². The van der Waals surface area contributed by atoms with Crippen molar-refractivity contribution in [2.45, 2.75) is 6.10 Å². The lowest BCUT2D eigenvalue weighted by Crippen LogP contribution is -2.20. The van der Waals surface area contributed by atoms with Gasteiger partial charge >= 0.3 is 5.97 Å². The molecule has 3 aromatic carbocycles. The van der Waals surface area contributed by atoms with Gasteiger partial charge in [0.2, 0.25) is 5.78 Å². The minimum atomic E-state index is -1.02. The molecule has 0 aliphatic heterocycles. The molecule has 0 N–H and O–H groups in total. The molecule has 0 saturated carbocycles. The summed E-state index contributed by atoms with van der Waals surface area (Å²) in [7, 11) is 1.56. The molecule has 0 spiro atoms. The van der Waals surface area contributed by atoms with Gasteiger partial charge in [0.1, 0.15) is 5.75 Å². The largest absolute Gasteiger partial charge is 0.497 e. The highest BCUT2D eigenvalue weighted by Gasteiger charge is 2.26. The van der Waals surface area contributed by atoms with E-state index in [1.54, 1.807) is 79.9 Å². The molecule has 4 heteroatoms. The molecular weight excluding hydrogens is 328 g/mol. The lowest BCUT2D eigenvalue weighted by Gasteiger charge is -2.17. The van der Waals surface area contributed by atoms with Gasteiger partial charge in [0.05, 0.1) is 12.7 Å². The molecule has 0 unspecified atom stereocenters. The van der Waals surface area contributed by atoms with Crippen LogP contribution < -0.4 is 4.74 Å². The van der Waals surface area contributed by atoms with Crippen molar-refractivity contribution in [1.29, 1.82) is 0 Å². The highest BCUT2D eigenvalue weighted by Crippen LogP contribution is 2.25. The zero-order valence-electron chi connectivity index (χ0n) is 14.3. The Labute approximate surface area is 152 Å². The van der Waals surface area contributed by atoms with Crippen LogP contribution in [-0.4, -0.2) is 18.9 Å². The Hall–Kier alpha value is -3.40. The van der Waals surface area contributed by atoms with Gasteiger partial charge in [-0.3, -0.25) is 4.79 Å². The van der Waals surface area contributed by atoms with Crippen LogP contribution in [0.15, 0.2) is 84.9 Å². The molecular formula is C22H18O4. The summed E-state index contributed by atoms with van der Waals surface area (Å²) < 4.78 is 10.7. The molecule has 0 saturated heterocycles. The summed E-state index contributed by atoms with van der Waals surface area (Å²) in [6, 6.07) is 24.3. The van der Waals surface area contributed by atoms with Gasteiger partial charge in [-0.25, -0.2) is 4.79 Å². The fraction of sp³-hybridized carbons (Fsp3) is 0.0909. The molecule has 0 aliphatic rings. The number of methoxy groups -OCH3 is 1. The van der Waals surface area contributed by atoms with Crippen molar-refractivity contribution in [3.63, 3.8) is 0 Å². The Morgan fingerprint density at radius 1 is 0.731 bits per heavy atom. The highest BCUT2D eigenvalue weighted by molar-refractivity contribution is 6.02. The van der Waals surface area contributed by atoms with Crippen molar-refractivity contribution in [3.8, 4) is 5.75 Å². The number of ketones is 1. The molecule has 130 valence electrons. The van der Waals surface area contributed by atoms with Crippen molar-refractivity contribution in [1.82, 2.24) is 0 Å². The molecule has 0 amide bonds. The van der Waals surface area contributed by atoms with E-state index in [1.165, 1.54) is 0 Å². The number of rotatable bonds is 6. The molecule has 0 bridgehead atoms. The normalized spacial score (nSPS) is 11.4. The third kappa shape index (κ3) is 3.98. The number of Topliss-reactive ketones (excluding diaryl/α,β-unsaturated/α-hetero) is 1. The Morgan fingerprint density at radius 2 is 1.31 bits per heavy atom. The summed E-state index contributed by atoms with van der Waals surface area (Å²) in [5.74, 6) is -0.177. The minimum absolute atomic E-state index is 0.289. The predicted molar refractivity (Wildman–Crippen MR) is 98.4 cm³/mol. The smallest absolute Gasteiger partial charge is 0.339 e. The molecule has 0 heterocycles. The van der Waals surface area contributed by atoms with Gasteiger partial charge in [-0.1, -0.05) is 48.5 Å². The van der Waals surface area contributed by atoms with Crippen LogP contribution in [0.1, 0.15) is 32.4 Å². The van der Waals surface area contributed by atoms with E-state index >= 15 is 0 Å². The molecule has 1 atom stereocenters. The summed E-state index contributed by atoms with van der Waals surface area (Å²) in [6.45, 7) is 0. The van der Waals surface area contributed by atoms with Crippen molar-refractivity contribution < 1.29 is 19.1 Å². The average molecular weight is 346 g/mol. The van der Waals surface area contributed by atoms with Gasteiger partial charge < -0.3 is 9.47 Å². The van der Waals surface area contributed by atoms with Crippen LogP contribution in [-0.2, 0) is 4.74 Å². The third-order valence-electron chi connectivity index (χ3n) is 3.95. The monoisotopic (exact) mass is 346 g/mol. The Bertz CT molecular complexity index is 871. The fourth-order valence-corrected chi connectivity index (χ4v) is 2.56. The molecule has 0 aromatic heterocycles. The standard InChI is InChI=1S/C22H18O4/c1-25-19-14-12-16(13-15-19)20(23)21(17-8-4-2-5-9-17)26-22(24)18-10-6-3-7-11-18/h2-15,21H,1H3/t21-/m0/s1. The Kier molecular flexibility index (Phi) is 5.44. The van der Waals surface area contributed by atoms with E-state index in [-0.39, 0.29) is 5.78 Å². The van der Waals surface area contributed by atoms with Gasteiger partial charge in [-0.05, 0) is 36.4 Å². The van der Waals surface area contributed by atoms with Crippen LogP contribution in [0.5, 0.6) is 5.75 Å². The van der Waals surface area contributed by atoms with E-state index in [9.17, 15) is 9.59 Å². The summed E-state index contributed by atoms with van der Waals surface area (Å²) in [5.41, 5.74) is 1.47. The maximum absolute atomic E-state index is 13.0. The van der Waals surface area contributed by atoms with Crippen LogP contribution in [0.4, 0.5) is 0 Å². The molecule has 0 aliphatic carbocycles. The fourth-order valence-electron chi connectivity index (χ4n) is 2.56. The number of carbonyl (C=O) groups is 2. The molecule has 3 aromatic rings. The van der Waals surface area contributed by atoms with E-state index in [4.69, 9.17) is 9.47 Å². The van der Waals surface area contributed by atoms with Crippen molar-refractivity contribution >= 4 is 11.8 Å². The quantitative estimate of drug-likeness (QED) is 0.488. The summed E-state index contributed by atoms with van der Waals surface area (Å²) in [5, 5.41) is 0. The SMILES string of the molecule is COc1ccc(C(=O)[C@@H](OC(=O)c2ccccc2)c2ccccc2)cc1. The van der Waals surface area contributed by atoms with E-state index in [0.717, 1.165) is 0 Å². The minimum Gasteiger partial charge on any atom is -0.497 e. The zero-order valence-corrected chi connectivity index (χ0v) is 14.3. The Balaban J connectivity index is 1.90. The van der Waals surface area contributed by atoms with Gasteiger partial charge in [0.15, 0.2) is 6.10 Å². The third-order valence-corrected chi connectivity index (χ3v) is 3.95. The first-order valence-corrected chi connectivity index (χ1v) is 8.18. The van der Waals surface area contributed by atoms with Crippen molar-refractivity contribution in [3.05, 3.63) is 102 Å². The van der Waals surface area contributed by atoms with Crippen LogP contribution >= 0.6 is 0 Å². The van der Waals surface area contributed by atoms with Gasteiger partial charge in [-0.15, -0.1) is 0 Å². The maximum Gasteiger partial charge on any atom is 0.339 e. The zero-order chi connectivity index (χ0) is 18.4. The number of hydrogen-bond acceptors (Lipinski definition) is 4. The van der Waals surface area contributed by atoms with Crippen LogP contribution in [0.2, 0.25) is 0 Å². The second-order valence-electron chi connectivity index (χ2n) is 5.65. The number of ether oxygens (including phenoxy) is 2. The van der Waals surface area contributed by atoms with Gasteiger partial charge in [0.25, 0.3) is 0 Å². The summed E-state index contributed by atoms with van der Waals surface area (Å²) >= 11 is 0. The average Bonchev–Trinajstić information content (AvgIpc) is 2.72. The summed E-state index contributed by atoms with van der Waals surface area (Å²) in [4.78, 5) is 25.5. The van der Waals surface area contributed by atoms with Crippen LogP contribution in [0.25, 0.3) is 0 Å². The van der Waals surface area contributed by atoms with Gasteiger partial charge in [-0.2, -0.15) is 0 Å². The molecule has 26 heavy (non-hydrogen) atoms. The van der Waals surface area contributed by atoms with E-state index in [2.05, 4.69) is 0 Å². The lowest BCUT2D eigenvalue weighted by molar-refractivity contribution is 0.0280. The number of carbonyl (C=O) groups excluding carboxylic acids is 2. The first kappa shape index (κ1) is 17.4. The molecule has 4 nitrogen and oxygen atoms in total. The maximum atomic E-state index is 13.0. The number of hydrogen-bond donors (Lipinski definition) is 0. The molecule has 0 fully saturated rings. The van der Waals surface area contributed by atoms with E-state index in [0.29, 0.717) is 22.4 Å². The van der Waals surface area contributed by atoms with Crippen molar-refractivity contribution in [2.24, 2.45) is 0 Å². The predicted octanol–water partition coefficient (Wildman–Crippen LogP) is 4.48. The molecule has 0 radical (unpaired) electrons. The van der Waals surface area contributed by atoms with Crippen LogP contribution in [0.3, 0.4) is 0 Å². The van der Waals surface area contributed by atoms with Crippen molar-refractivity contribution in [2.75, 3.05) is 7.11 Å². The number of benzene rings is 3. The first-order chi connectivity index (χ1) is 12.7. The second kappa shape index (κ2) is 8.12.